The van der Waals surface area contributed by atoms with Crippen LogP contribution >= 0.6 is 12.2 Å². The van der Waals surface area contributed by atoms with Crippen LogP contribution in [0, 0.1) is 0 Å². The van der Waals surface area contributed by atoms with Crippen LogP contribution in [0.15, 0.2) is 48.5 Å². The largest absolute Gasteiger partial charge is 0.489 e. The summed E-state index contributed by atoms with van der Waals surface area (Å²) in [5.41, 5.74) is 6.29. The molecule has 6 heteroatoms. The van der Waals surface area contributed by atoms with Crippen molar-refractivity contribution in [1.29, 1.82) is 0 Å². The quantitative estimate of drug-likeness (QED) is 0.869. The fourth-order valence-electron chi connectivity index (χ4n) is 1.69. The molecule has 0 atom stereocenters. The van der Waals surface area contributed by atoms with Crippen LogP contribution < -0.4 is 10.5 Å². The number of hydrogen-bond acceptors (Lipinski definition) is 2. The first kappa shape index (κ1) is 15.3. The van der Waals surface area contributed by atoms with Gasteiger partial charge in [0.25, 0.3) is 0 Å². The Kier molecular flexibility index (Phi) is 4.47. The van der Waals surface area contributed by atoms with E-state index in [0.29, 0.717) is 4.99 Å². The van der Waals surface area contributed by atoms with E-state index in [1.54, 1.807) is 24.3 Å². The predicted molar refractivity (Wildman–Crippen MR) is 78.1 cm³/mol. The molecule has 0 aliphatic heterocycles. The van der Waals surface area contributed by atoms with Crippen LogP contribution in [0.2, 0.25) is 0 Å². The molecular formula is C15H12F3NOS. The second-order valence-electron chi connectivity index (χ2n) is 4.38. The Morgan fingerprint density at radius 2 is 1.76 bits per heavy atom. The van der Waals surface area contributed by atoms with Crippen LogP contribution in [0.4, 0.5) is 13.2 Å². The monoisotopic (exact) mass is 311 g/mol. The molecule has 0 aromatic heterocycles. The molecule has 0 aliphatic rings. The zero-order chi connectivity index (χ0) is 15.5. The van der Waals surface area contributed by atoms with Gasteiger partial charge >= 0.3 is 6.18 Å². The molecule has 0 amide bonds. The Bertz CT molecular complexity index is 638. The first-order valence-corrected chi connectivity index (χ1v) is 6.46. The van der Waals surface area contributed by atoms with Gasteiger partial charge in [-0.3, -0.25) is 0 Å². The van der Waals surface area contributed by atoms with Gasteiger partial charge in [0.15, 0.2) is 0 Å². The third-order valence-corrected chi connectivity index (χ3v) is 3.04. The fourth-order valence-corrected chi connectivity index (χ4v) is 1.83. The zero-order valence-electron chi connectivity index (χ0n) is 10.9. The molecule has 2 nitrogen and oxygen atoms in total. The van der Waals surface area contributed by atoms with Crippen LogP contribution in [0.1, 0.15) is 16.7 Å². The Labute approximate surface area is 125 Å². The van der Waals surface area contributed by atoms with Crippen LogP contribution in [0.3, 0.4) is 0 Å². The van der Waals surface area contributed by atoms with E-state index in [-0.39, 0.29) is 12.4 Å². The number of ether oxygens (including phenoxy) is 1. The molecule has 0 aliphatic carbocycles. The third kappa shape index (κ3) is 4.19. The molecule has 2 rings (SSSR count). The van der Waals surface area contributed by atoms with Crippen molar-refractivity contribution in [2.75, 3.05) is 0 Å². The second kappa shape index (κ2) is 6.13. The summed E-state index contributed by atoms with van der Waals surface area (Å²) in [6.45, 7) is 0.166. The highest BCUT2D eigenvalue weighted by molar-refractivity contribution is 7.80. The molecule has 0 saturated carbocycles. The average Bonchev–Trinajstić information content (AvgIpc) is 2.45. The molecule has 2 aromatic carbocycles. The molecule has 0 unspecified atom stereocenters. The summed E-state index contributed by atoms with van der Waals surface area (Å²) < 4.78 is 43.1. The summed E-state index contributed by atoms with van der Waals surface area (Å²) >= 11 is 4.84. The van der Waals surface area contributed by atoms with Crippen LogP contribution in [0.25, 0.3) is 0 Å². The SMILES string of the molecule is NC(=S)c1ccc(COc2cccc(C(F)(F)F)c2)cc1. The molecule has 0 radical (unpaired) electrons. The Morgan fingerprint density at radius 3 is 2.33 bits per heavy atom. The van der Waals surface area contributed by atoms with Crippen LogP contribution in [-0.4, -0.2) is 4.99 Å². The van der Waals surface area contributed by atoms with E-state index >= 15 is 0 Å². The van der Waals surface area contributed by atoms with E-state index in [4.69, 9.17) is 22.7 Å². The number of hydrogen-bond donors (Lipinski definition) is 1. The minimum absolute atomic E-state index is 0.166. The van der Waals surface area contributed by atoms with Crippen LogP contribution in [0.5, 0.6) is 5.75 Å². The van der Waals surface area contributed by atoms with Crippen molar-refractivity contribution in [3.63, 3.8) is 0 Å². The lowest BCUT2D eigenvalue weighted by atomic mass is 10.1. The fraction of sp³-hybridized carbons (Fsp3) is 0.133. The van der Waals surface area contributed by atoms with Gasteiger partial charge in [0.05, 0.1) is 5.56 Å². The van der Waals surface area contributed by atoms with E-state index in [1.807, 2.05) is 0 Å². The molecule has 0 bridgehead atoms. The van der Waals surface area contributed by atoms with Gasteiger partial charge < -0.3 is 10.5 Å². The molecule has 0 fully saturated rings. The maximum atomic E-state index is 12.6. The van der Waals surface area contributed by atoms with Gasteiger partial charge in [-0.1, -0.05) is 42.5 Å². The van der Waals surface area contributed by atoms with Gasteiger partial charge in [-0.05, 0) is 23.8 Å². The maximum absolute atomic E-state index is 12.6. The maximum Gasteiger partial charge on any atom is 0.416 e. The summed E-state index contributed by atoms with van der Waals surface area (Å²) in [5.74, 6) is 0.170. The number of thiocarbonyl (C=S) groups is 1. The minimum atomic E-state index is -4.38. The van der Waals surface area contributed by atoms with Gasteiger partial charge in [-0.25, -0.2) is 0 Å². The highest BCUT2D eigenvalue weighted by Crippen LogP contribution is 2.31. The molecule has 21 heavy (non-hydrogen) atoms. The Balaban J connectivity index is 2.04. The first-order valence-electron chi connectivity index (χ1n) is 6.05. The highest BCUT2D eigenvalue weighted by atomic mass is 32.1. The number of rotatable bonds is 4. The minimum Gasteiger partial charge on any atom is -0.489 e. The van der Waals surface area contributed by atoms with Crippen LogP contribution in [-0.2, 0) is 12.8 Å². The Morgan fingerprint density at radius 1 is 1.10 bits per heavy atom. The average molecular weight is 311 g/mol. The molecule has 0 heterocycles. The van der Waals surface area contributed by atoms with Gasteiger partial charge in [0.2, 0.25) is 0 Å². The number of benzene rings is 2. The van der Waals surface area contributed by atoms with Crippen molar-refractivity contribution in [3.8, 4) is 5.75 Å². The lowest BCUT2D eigenvalue weighted by Crippen LogP contribution is -2.09. The molecule has 0 spiro atoms. The summed E-state index contributed by atoms with van der Waals surface area (Å²) in [5, 5.41) is 0. The number of halogens is 3. The molecule has 0 saturated heterocycles. The van der Waals surface area contributed by atoms with Crippen molar-refractivity contribution in [2.24, 2.45) is 5.73 Å². The summed E-state index contributed by atoms with van der Waals surface area (Å²) in [7, 11) is 0. The lowest BCUT2D eigenvalue weighted by Gasteiger charge is -2.10. The summed E-state index contributed by atoms with van der Waals surface area (Å²) in [6.07, 6.45) is -4.38. The lowest BCUT2D eigenvalue weighted by molar-refractivity contribution is -0.137. The highest BCUT2D eigenvalue weighted by Gasteiger charge is 2.30. The molecule has 110 valence electrons. The van der Waals surface area contributed by atoms with Crippen molar-refractivity contribution >= 4 is 17.2 Å². The number of alkyl halides is 3. The van der Waals surface area contributed by atoms with Gasteiger partial charge in [0.1, 0.15) is 17.3 Å². The topological polar surface area (TPSA) is 35.2 Å². The van der Waals surface area contributed by atoms with E-state index in [9.17, 15) is 13.2 Å². The first-order chi connectivity index (χ1) is 9.86. The number of nitrogens with two attached hydrogens (primary N) is 1. The van der Waals surface area contributed by atoms with Crippen molar-refractivity contribution in [2.45, 2.75) is 12.8 Å². The zero-order valence-corrected chi connectivity index (χ0v) is 11.7. The van der Waals surface area contributed by atoms with E-state index < -0.39 is 11.7 Å². The van der Waals surface area contributed by atoms with Crippen molar-refractivity contribution < 1.29 is 17.9 Å². The second-order valence-corrected chi connectivity index (χ2v) is 4.82. The molecule has 2 N–H and O–H groups in total. The van der Waals surface area contributed by atoms with E-state index in [2.05, 4.69) is 0 Å². The third-order valence-electron chi connectivity index (χ3n) is 2.81. The summed E-state index contributed by atoms with van der Waals surface area (Å²) in [6, 6.07) is 11.8. The van der Waals surface area contributed by atoms with Crippen molar-refractivity contribution in [1.82, 2.24) is 0 Å². The van der Waals surface area contributed by atoms with E-state index in [1.165, 1.54) is 12.1 Å². The normalized spacial score (nSPS) is 11.2. The standard InChI is InChI=1S/C15H12F3NOS/c16-15(17,18)12-2-1-3-13(8-12)20-9-10-4-6-11(7-5-10)14(19)21/h1-8H,9H2,(H2,19,21). The Hall–Kier alpha value is -2.08. The molecule has 2 aromatic rings. The van der Waals surface area contributed by atoms with Crippen molar-refractivity contribution in [3.05, 3.63) is 65.2 Å². The molecular weight excluding hydrogens is 299 g/mol. The van der Waals surface area contributed by atoms with Gasteiger partial charge in [0, 0.05) is 5.56 Å². The predicted octanol–water partition coefficient (Wildman–Crippen LogP) is 3.92. The smallest absolute Gasteiger partial charge is 0.416 e. The van der Waals surface area contributed by atoms with E-state index in [0.717, 1.165) is 23.3 Å². The van der Waals surface area contributed by atoms with Gasteiger partial charge in [-0.2, -0.15) is 13.2 Å². The van der Waals surface area contributed by atoms with Gasteiger partial charge in [-0.15, -0.1) is 0 Å². The summed E-state index contributed by atoms with van der Waals surface area (Å²) in [4.78, 5) is 0.292.